The molecule has 0 spiro atoms. The minimum absolute atomic E-state index is 0.133. The summed E-state index contributed by atoms with van der Waals surface area (Å²) in [6.45, 7) is 4.04. The number of halogens is 2. The highest BCUT2D eigenvalue weighted by molar-refractivity contribution is 6.42. The Hall–Kier alpha value is -0.240. The van der Waals surface area contributed by atoms with E-state index in [1.165, 1.54) is 5.56 Å². The van der Waals surface area contributed by atoms with Gasteiger partial charge in [-0.1, -0.05) is 29.3 Å². The lowest BCUT2D eigenvalue weighted by molar-refractivity contribution is 0.477. The standard InChI is InChI=1S/C11H15Cl2N/c1-11(2,14)6-5-8-3-4-9(12)10(13)7-8/h3-4,7H,5-6,14H2,1-2H3. The Morgan fingerprint density at radius 3 is 2.36 bits per heavy atom. The van der Waals surface area contributed by atoms with E-state index in [2.05, 4.69) is 0 Å². The molecule has 0 aliphatic rings. The van der Waals surface area contributed by atoms with Crippen LogP contribution < -0.4 is 5.73 Å². The topological polar surface area (TPSA) is 26.0 Å². The smallest absolute Gasteiger partial charge is 0.0595 e. The van der Waals surface area contributed by atoms with Crippen LogP contribution in [0.1, 0.15) is 25.8 Å². The highest BCUT2D eigenvalue weighted by atomic mass is 35.5. The molecular formula is C11H15Cl2N. The van der Waals surface area contributed by atoms with E-state index in [4.69, 9.17) is 28.9 Å². The highest BCUT2D eigenvalue weighted by Crippen LogP contribution is 2.23. The monoisotopic (exact) mass is 231 g/mol. The van der Waals surface area contributed by atoms with Gasteiger partial charge in [0, 0.05) is 5.54 Å². The molecule has 0 saturated heterocycles. The average molecular weight is 232 g/mol. The fourth-order valence-electron chi connectivity index (χ4n) is 1.16. The second kappa shape index (κ2) is 4.52. The Bertz CT molecular complexity index is 316. The summed E-state index contributed by atoms with van der Waals surface area (Å²) >= 11 is 11.7. The maximum atomic E-state index is 5.90. The maximum absolute atomic E-state index is 5.90. The summed E-state index contributed by atoms with van der Waals surface area (Å²) in [5.41, 5.74) is 6.94. The number of benzene rings is 1. The van der Waals surface area contributed by atoms with E-state index in [1.807, 2.05) is 32.0 Å². The van der Waals surface area contributed by atoms with Gasteiger partial charge in [0.15, 0.2) is 0 Å². The number of nitrogens with two attached hydrogens (primary N) is 1. The summed E-state index contributed by atoms with van der Waals surface area (Å²) in [7, 11) is 0. The van der Waals surface area contributed by atoms with Gasteiger partial charge in [-0.3, -0.25) is 0 Å². The van der Waals surface area contributed by atoms with Gasteiger partial charge in [-0.2, -0.15) is 0 Å². The van der Waals surface area contributed by atoms with Gasteiger partial charge < -0.3 is 5.73 Å². The molecule has 1 nitrogen and oxygen atoms in total. The molecule has 0 amide bonds. The normalized spacial score (nSPS) is 11.8. The predicted molar refractivity (Wildman–Crippen MR) is 63.0 cm³/mol. The van der Waals surface area contributed by atoms with Crippen molar-refractivity contribution in [2.24, 2.45) is 5.73 Å². The van der Waals surface area contributed by atoms with Gasteiger partial charge in [0.05, 0.1) is 10.0 Å². The van der Waals surface area contributed by atoms with Gasteiger partial charge in [0.2, 0.25) is 0 Å². The quantitative estimate of drug-likeness (QED) is 0.845. The van der Waals surface area contributed by atoms with Gasteiger partial charge in [-0.25, -0.2) is 0 Å². The van der Waals surface area contributed by atoms with Gasteiger partial charge >= 0.3 is 0 Å². The molecule has 2 N–H and O–H groups in total. The second-order valence-corrected chi connectivity index (χ2v) is 5.05. The van der Waals surface area contributed by atoms with Crippen molar-refractivity contribution in [3.05, 3.63) is 33.8 Å². The molecule has 1 aromatic carbocycles. The van der Waals surface area contributed by atoms with Gasteiger partial charge in [-0.05, 0) is 44.4 Å². The van der Waals surface area contributed by atoms with E-state index in [9.17, 15) is 0 Å². The Balaban J connectivity index is 2.65. The zero-order valence-electron chi connectivity index (χ0n) is 8.48. The van der Waals surface area contributed by atoms with Crippen molar-refractivity contribution in [1.82, 2.24) is 0 Å². The summed E-state index contributed by atoms with van der Waals surface area (Å²) in [6.07, 6.45) is 1.87. The molecule has 0 fully saturated rings. The number of aryl methyl sites for hydroxylation is 1. The molecular weight excluding hydrogens is 217 g/mol. The van der Waals surface area contributed by atoms with Gasteiger partial charge in [-0.15, -0.1) is 0 Å². The van der Waals surface area contributed by atoms with Gasteiger partial charge in [0.1, 0.15) is 0 Å². The first-order chi connectivity index (χ1) is 6.38. The van der Waals surface area contributed by atoms with E-state index >= 15 is 0 Å². The van der Waals surface area contributed by atoms with Crippen LogP contribution in [0.5, 0.6) is 0 Å². The van der Waals surface area contributed by atoms with E-state index in [-0.39, 0.29) is 5.54 Å². The first-order valence-corrected chi connectivity index (χ1v) is 5.37. The lowest BCUT2D eigenvalue weighted by Gasteiger charge is -2.18. The minimum Gasteiger partial charge on any atom is -0.326 e. The Morgan fingerprint density at radius 2 is 1.86 bits per heavy atom. The van der Waals surface area contributed by atoms with Crippen LogP contribution in [0.25, 0.3) is 0 Å². The van der Waals surface area contributed by atoms with Crippen LogP contribution >= 0.6 is 23.2 Å². The molecule has 0 saturated carbocycles. The molecule has 3 heteroatoms. The van der Waals surface area contributed by atoms with E-state index in [0.29, 0.717) is 10.0 Å². The van der Waals surface area contributed by atoms with Crippen molar-refractivity contribution in [1.29, 1.82) is 0 Å². The first-order valence-electron chi connectivity index (χ1n) is 4.61. The number of hydrogen-bond acceptors (Lipinski definition) is 1. The van der Waals surface area contributed by atoms with Crippen molar-refractivity contribution in [2.45, 2.75) is 32.2 Å². The highest BCUT2D eigenvalue weighted by Gasteiger charge is 2.10. The van der Waals surface area contributed by atoms with Crippen LogP contribution in [0.15, 0.2) is 18.2 Å². The van der Waals surface area contributed by atoms with Crippen LogP contribution in [-0.4, -0.2) is 5.54 Å². The third kappa shape index (κ3) is 3.87. The summed E-state index contributed by atoms with van der Waals surface area (Å²) < 4.78 is 0. The summed E-state index contributed by atoms with van der Waals surface area (Å²) in [6, 6.07) is 5.71. The average Bonchev–Trinajstić information content (AvgIpc) is 2.06. The molecule has 1 aromatic rings. The Labute approximate surface area is 95.2 Å². The van der Waals surface area contributed by atoms with Crippen molar-refractivity contribution in [2.75, 3.05) is 0 Å². The maximum Gasteiger partial charge on any atom is 0.0595 e. The molecule has 0 unspecified atom stereocenters. The number of hydrogen-bond donors (Lipinski definition) is 1. The van der Waals surface area contributed by atoms with Crippen LogP contribution in [0.3, 0.4) is 0 Å². The zero-order valence-corrected chi connectivity index (χ0v) is 9.99. The minimum atomic E-state index is -0.133. The van der Waals surface area contributed by atoms with Crippen molar-refractivity contribution in [3.8, 4) is 0 Å². The largest absolute Gasteiger partial charge is 0.326 e. The van der Waals surface area contributed by atoms with E-state index in [1.54, 1.807) is 0 Å². The van der Waals surface area contributed by atoms with Crippen molar-refractivity contribution in [3.63, 3.8) is 0 Å². The zero-order chi connectivity index (χ0) is 10.8. The lowest BCUT2D eigenvalue weighted by Crippen LogP contribution is -2.32. The molecule has 78 valence electrons. The summed E-state index contributed by atoms with van der Waals surface area (Å²) in [4.78, 5) is 0. The molecule has 0 bridgehead atoms. The first kappa shape index (κ1) is 11.8. The second-order valence-electron chi connectivity index (χ2n) is 4.24. The van der Waals surface area contributed by atoms with Crippen LogP contribution in [0.2, 0.25) is 10.0 Å². The molecule has 0 atom stereocenters. The molecule has 14 heavy (non-hydrogen) atoms. The summed E-state index contributed by atoms with van der Waals surface area (Å²) in [5, 5.41) is 1.21. The SMILES string of the molecule is CC(C)(N)CCc1ccc(Cl)c(Cl)c1. The van der Waals surface area contributed by atoms with Gasteiger partial charge in [0.25, 0.3) is 0 Å². The van der Waals surface area contributed by atoms with E-state index in [0.717, 1.165) is 12.8 Å². The number of rotatable bonds is 3. The van der Waals surface area contributed by atoms with Crippen molar-refractivity contribution >= 4 is 23.2 Å². The molecule has 0 radical (unpaired) electrons. The lowest BCUT2D eigenvalue weighted by atomic mass is 9.97. The fraction of sp³-hybridized carbons (Fsp3) is 0.455. The van der Waals surface area contributed by atoms with Crippen LogP contribution in [0.4, 0.5) is 0 Å². The fourth-order valence-corrected chi connectivity index (χ4v) is 1.48. The third-order valence-electron chi connectivity index (χ3n) is 2.04. The molecule has 0 aromatic heterocycles. The van der Waals surface area contributed by atoms with Crippen molar-refractivity contribution < 1.29 is 0 Å². The Morgan fingerprint density at radius 1 is 1.21 bits per heavy atom. The predicted octanol–water partition coefficient (Wildman–Crippen LogP) is 3.66. The molecule has 0 aliphatic carbocycles. The van der Waals surface area contributed by atoms with E-state index < -0.39 is 0 Å². The van der Waals surface area contributed by atoms with Crippen LogP contribution in [-0.2, 0) is 6.42 Å². The molecule has 0 aliphatic heterocycles. The van der Waals surface area contributed by atoms with Crippen LogP contribution in [0, 0.1) is 0 Å². The third-order valence-corrected chi connectivity index (χ3v) is 2.78. The summed E-state index contributed by atoms with van der Waals surface area (Å²) in [5.74, 6) is 0. The molecule has 1 rings (SSSR count). The molecule has 0 heterocycles. The Kier molecular flexibility index (Phi) is 3.82.